The van der Waals surface area contributed by atoms with E-state index in [1.54, 1.807) is 0 Å². The van der Waals surface area contributed by atoms with Crippen molar-refractivity contribution in [3.63, 3.8) is 0 Å². The van der Waals surface area contributed by atoms with Gasteiger partial charge in [0.05, 0.1) is 17.5 Å². The number of nitrogens with zero attached hydrogens (tertiary/aromatic N) is 3. The van der Waals surface area contributed by atoms with Crippen molar-refractivity contribution in [1.29, 1.82) is 0 Å². The summed E-state index contributed by atoms with van der Waals surface area (Å²) in [7, 11) is 0. The summed E-state index contributed by atoms with van der Waals surface area (Å²) in [5.41, 5.74) is 1.65. The first-order valence-corrected chi connectivity index (χ1v) is 9.06. The zero-order chi connectivity index (χ0) is 18.0. The summed E-state index contributed by atoms with van der Waals surface area (Å²) in [6, 6.07) is 7.58. The molecule has 7 nitrogen and oxygen atoms in total. The van der Waals surface area contributed by atoms with Crippen LogP contribution in [0.15, 0.2) is 34.4 Å². The summed E-state index contributed by atoms with van der Waals surface area (Å²) in [5, 5.41) is 11.9. The molecule has 0 radical (unpaired) electrons. The second-order valence-corrected chi connectivity index (χ2v) is 7.83. The van der Waals surface area contributed by atoms with Gasteiger partial charge in [-0.2, -0.15) is 5.10 Å². The molecule has 0 spiro atoms. The van der Waals surface area contributed by atoms with E-state index in [0.717, 1.165) is 17.7 Å². The summed E-state index contributed by atoms with van der Waals surface area (Å²) in [5.74, 6) is -0.273. The molecule has 0 aromatic heterocycles. The number of imide groups is 1. The number of amides is 3. The summed E-state index contributed by atoms with van der Waals surface area (Å²) in [6.45, 7) is 5.56. The molecule has 2 aliphatic heterocycles. The van der Waals surface area contributed by atoms with Crippen LogP contribution >= 0.6 is 11.8 Å². The van der Waals surface area contributed by atoms with Gasteiger partial charge >= 0.3 is 6.03 Å². The molecule has 132 valence electrons. The number of amidine groups is 1. The molecule has 8 heteroatoms. The van der Waals surface area contributed by atoms with Crippen LogP contribution in [-0.2, 0) is 4.79 Å². The lowest BCUT2D eigenvalue weighted by Gasteiger charge is -2.29. The molecule has 3 rings (SSSR count). The van der Waals surface area contributed by atoms with Gasteiger partial charge in [0.25, 0.3) is 0 Å². The topological polar surface area (TPSA) is 86.2 Å². The predicted octanol–water partition coefficient (Wildman–Crippen LogP) is 2.78. The van der Waals surface area contributed by atoms with Gasteiger partial charge in [0.15, 0.2) is 5.17 Å². The quantitative estimate of drug-likeness (QED) is 0.850. The Hall–Kier alpha value is -2.35. The van der Waals surface area contributed by atoms with Gasteiger partial charge in [0.1, 0.15) is 0 Å². The number of para-hydroxylation sites is 1. The molecular weight excluding hydrogens is 338 g/mol. The number of aliphatic imine (C=N–C) groups is 1. The van der Waals surface area contributed by atoms with E-state index in [0.29, 0.717) is 5.17 Å². The highest BCUT2D eigenvalue weighted by Crippen LogP contribution is 2.40. The fourth-order valence-electron chi connectivity index (χ4n) is 2.65. The second-order valence-electron chi connectivity index (χ2n) is 6.89. The van der Waals surface area contributed by atoms with Crippen molar-refractivity contribution >= 4 is 40.8 Å². The highest BCUT2D eigenvalue weighted by Gasteiger charge is 2.32. The van der Waals surface area contributed by atoms with Gasteiger partial charge in [-0.3, -0.25) is 10.1 Å². The standard InChI is InChI=1S/C17H21N5O2S/c1-17(2,3)21-15(24)20-14(23)10-25-16-19-12-7-5-4-6-11(12)13-8-9-18-22(13)16/h4-7,9,13H,8,10H2,1-3H3,(H2,20,21,23,24)/t13-/m1/s1. The van der Waals surface area contributed by atoms with E-state index in [-0.39, 0.29) is 17.7 Å². The van der Waals surface area contributed by atoms with Crippen LogP contribution in [0.25, 0.3) is 0 Å². The van der Waals surface area contributed by atoms with E-state index in [2.05, 4.69) is 26.8 Å². The number of hydrazone groups is 1. The lowest BCUT2D eigenvalue weighted by atomic mass is 10.0. The third-order valence-electron chi connectivity index (χ3n) is 3.61. The lowest BCUT2D eigenvalue weighted by molar-refractivity contribution is -0.117. The summed E-state index contributed by atoms with van der Waals surface area (Å²) in [4.78, 5) is 28.4. The first kappa shape index (κ1) is 17.5. The van der Waals surface area contributed by atoms with E-state index in [4.69, 9.17) is 0 Å². The molecule has 1 atom stereocenters. The Morgan fingerprint density at radius 2 is 2.08 bits per heavy atom. The van der Waals surface area contributed by atoms with Crippen molar-refractivity contribution < 1.29 is 9.59 Å². The minimum absolute atomic E-state index is 0.0945. The number of carbonyl (C=O) groups excluding carboxylic acids is 2. The van der Waals surface area contributed by atoms with Crippen LogP contribution in [0.5, 0.6) is 0 Å². The monoisotopic (exact) mass is 359 g/mol. The van der Waals surface area contributed by atoms with Crippen molar-refractivity contribution in [3.8, 4) is 0 Å². The summed E-state index contributed by atoms with van der Waals surface area (Å²) >= 11 is 1.28. The third kappa shape index (κ3) is 4.19. The van der Waals surface area contributed by atoms with Crippen LogP contribution < -0.4 is 10.6 Å². The molecular formula is C17H21N5O2S. The van der Waals surface area contributed by atoms with Crippen LogP contribution in [-0.4, -0.2) is 39.6 Å². The Kier molecular flexibility index (Phi) is 4.80. The first-order valence-electron chi connectivity index (χ1n) is 8.07. The molecule has 0 unspecified atom stereocenters. The second kappa shape index (κ2) is 6.87. The number of fused-ring (bicyclic) bond motifs is 3. The van der Waals surface area contributed by atoms with E-state index in [9.17, 15) is 9.59 Å². The molecule has 0 bridgehead atoms. The minimum atomic E-state index is -0.494. The Morgan fingerprint density at radius 3 is 2.84 bits per heavy atom. The predicted molar refractivity (Wildman–Crippen MR) is 100 cm³/mol. The highest BCUT2D eigenvalue weighted by atomic mass is 32.2. The average Bonchev–Trinajstić information content (AvgIpc) is 3.00. The number of thioether (sulfide) groups is 1. The number of rotatable bonds is 2. The Bertz CT molecular complexity index is 754. The normalized spacial score (nSPS) is 18.3. The number of carbonyl (C=O) groups is 2. The van der Waals surface area contributed by atoms with E-state index in [1.165, 1.54) is 11.8 Å². The van der Waals surface area contributed by atoms with Gasteiger partial charge in [0, 0.05) is 23.7 Å². The van der Waals surface area contributed by atoms with E-state index in [1.807, 2.05) is 50.2 Å². The zero-order valence-electron chi connectivity index (χ0n) is 14.4. The van der Waals surface area contributed by atoms with Gasteiger partial charge in [-0.15, -0.1) is 0 Å². The van der Waals surface area contributed by atoms with Gasteiger partial charge in [0.2, 0.25) is 5.91 Å². The lowest BCUT2D eigenvalue weighted by Crippen LogP contribution is -2.48. The van der Waals surface area contributed by atoms with Gasteiger partial charge in [-0.1, -0.05) is 30.0 Å². The molecule has 2 aliphatic rings. The van der Waals surface area contributed by atoms with Crippen molar-refractivity contribution in [3.05, 3.63) is 29.8 Å². The summed E-state index contributed by atoms with van der Waals surface area (Å²) in [6.07, 6.45) is 2.68. The Balaban J connectivity index is 1.63. The van der Waals surface area contributed by atoms with Crippen molar-refractivity contribution in [2.45, 2.75) is 38.8 Å². The summed E-state index contributed by atoms with van der Waals surface area (Å²) < 4.78 is 0. The smallest absolute Gasteiger partial charge is 0.321 e. The SMILES string of the molecule is CC(C)(C)NC(=O)NC(=O)CSC1=Nc2ccccc2[C@H]2CC=NN12. The molecule has 0 saturated heterocycles. The third-order valence-corrected chi connectivity index (χ3v) is 4.55. The van der Waals surface area contributed by atoms with Crippen molar-refractivity contribution in [1.82, 2.24) is 15.6 Å². The first-order chi connectivity index (χ1) is 11.8. The maximum Gasteiger partial charge on any atom is 0.321 e. The molecule has 0 saturated carbocycles. The highest BCUT2D eigenvalue weighted by molar-refractivity contribution is 8.14. The maximum atomic E-state index is 12.0. The number of nitrogens with one attached hydrogen (secondary N) is 2. The minimum Gasteiger partial charge on any atom is -0.333 e. The maximum absolute atomic E-state index is 12.0. The van der Waals surface area contributed by atoms with Crippen molar-refractivity contribution in [2.75, 3.05) is 5.75 Å². The number of hydrogen-bond donors (Lipinski definition) is 2. The Labute approximate surface area is 151 Å². The van der Waals surface area contributed by atoms with Gasteiger partial charge < -0.3 is 5.32 Å². The Morgan fingerprint density at radius 1 is 1.32 bits per heavy atom. The van der Waals surface area contributed by atoms with Crippen molar-refractivity contribution in [2.24, 2.45) is 10.1 Å². The number of urea groups is 1. The molecule has 0 aliphatic carbocycles. The van der Waals surface area contributed by atoms with E-state index >= 15 is 0 Å². The molecule has 1 aromatic rings. The molecule has 2 N–H and O–H groups in total. The van der Waals surface area contributed by atoms with Crippen LogP contribution in [0.2, 0.25) is 0 Å². The van der Waals surface area contributed by atoms with Crippen LogP contribution in [0.3, 0.4) is 0 Å². The number of hydrogen-bond acceptors (Lipinski definition) is 6. The fourth-order valence-corrected chi connectivity index (χ4v) is 3.45. The van der Waals surface area contributed by atoms with Crippen LogP contribution in [0, 0.1) is 0 Å². The fraction of sp³-hybridized carbons (Fsp3) is 0.412. The van der Waals surface area contributed by atoms with Gasteiger partial charge in [-0.25, -0.2) is 14.8 Å². The van der Waals surface area contributed by atoms with E-state index < -0.39 is 11.6 Å². The molecule has 3 amide bonds. The molecule has 1 aromatic carbocycles. The zero-order valence-corrected chi connectivity index (χ0v) is 15.3. The van der Waals surface area contributed by atoms with Gasteiger partial charge in [-0.05, 0) is 26.8 Å². The number of benzene rings is 1. The molecule has 0 fully saturated rings. The molecule has 2 heterocycles. The average molecular weight is 359 g/mol. The largest absolute Gasteiger partial charge is 0.333 e. The van der Waals surface area contributed by atoms with Crippen LogP contribution in [0.4, 0.5) is 10.5 Å². The molecule has 25 heavy (non-hydrogen) atoms. The van der Waals surface area contributed by atoms with Crippen LogP contribution in [0.1, 0.15) is 38.8 Å².